The Hall–Kier alpha value is -1.62. The van der Waals surface area contributed by atoms with Crippen molar-refractivity contribution in [2.75, 3.05) is 0 Å². The molecule has 0 aromatic carbocycles. The lowest BCUT2D eigenvalue weighted by Crippen LogP contribution is -2.58. The van der Waals surface area contributed by atoms with E-state index >= 15 is 0 Å². The van der Waals surface area contributed by atoms with Crippen LogP contribution in [0.25, 0.3) is 0 Å². The second kappa shape index (κ2) is 5.73. The van der Waals surface area contributed by atoms with Gasteiger partial charge in [0.1, 0.15) is 12.2 Å². The molecule has 0 amide bonds. The third-order valence-corrected chi connectivity index (χ3v) is 6.02. The van der Waals surface area contributed by atoms with Crippen molar-refractivity contribution in [1.29, 1.82) is 0 Å². The lowest BCUT2D eigenvalue weighted by atomic mass is 9.53. The fourth-order valence-electron chi connectivity index (χ4n) is 4.63. The topological polar surface area (TPSA) is 72.8 Å². The molecule has 6 atom stereocenters. The molecule has 3 rings (SSSR count). The van der Waals surface area contributed by atoms with Crippen molar-refractivity contribution in [3.05, 3.63) is 24.3 Å². The highest BCUT2D eigenvalue weighted by Gasteiger charge is 2.62. The fraction of sp³-hybridized carbons (Fsp3) is 0.684. The van der Waals surface area contributed by atoms with Crippen molar-refractivity contribution in [2.45, 2.75) is 58.3 Å². The number of hydrogen-bond acceptors (Lipinski definition) is 5. The number of esters is 2. The van der Waals surface area contributed by atoms with Crippen LogP contribution in [0.4, 0.5) is 0 Å². The van der Waals surface area contributed by atoms with E-state index in [0.29, 0.717) is 24.8 Å². The van der Waals surface area contributed by atoms with Crippen LogP contribution in [0.15, 0.2) is 24.3 Å². The van der Waals surface area contributed by atoms with Crippen molar-refractivity contribution in [3.8, 4) is 0 Å². The summed E-state index contributed by atoms with van der Waals surface area (Å²) in [5.74, 6) is -1.58. The zero-order chi connectivity index (χ0) is 17.8. The standard InChI is InChI=1S/C19H26O5/c1-9(2)17(21)24-16-14-11(4)18(22)23-12(14)8-19(5)13(20)7-6-10(3)15(16)19/h9,12-16,20H,3-4,6-8H2,1-2,5H3/t12-,13-,14-,15?,16?,19?/m1/s1. The van der Waals surface area contributed by atoms with Crippen molar-refractivity contribution >= 4 is 11.9 Å². The summed E-state index contributed by atoms with van der Waals surface area (Å²) in [5.41, 5.74) is 0.801. The van der Waals surface area contributed by atoms with Crippen LogP contribution >= 0.6 is 0 Å². The monoisotopic (exact) mass is 334 g/mol. The van der Waals surface area contributed by atoms with Gasteiger partial charge in [-0.15, -0.1) is 0 Å². The van der Waals surface area contributed by atoms with Crippen LogP contribution in [0.1, 0.15) is 40.0 Å². The Bertz CT molecular complexity index is 607. The normalized spacial score (nSPS) is 41.7. The van der Waals surface area contributed by atoms with Crippen LogP contribution in [0.5, 0.6) is 0 Å². The predicted octanol–water partition coefficient (Wildman–Crippen LogP) is 2.39. The van der Waals surface area contributed by atoms with Crippen LogP contribution < -0.4 is 0 Å². The minimum atomic E-state index is -0.565. The molecule has 3 aliphatic rings. The van der Waals surface area contributed by atoms with Crippen LogP contribution in [0.2, 0.25) is 0 Å². The highest BCUT2D eigenvalue weighted by molar-refractivity contribution is 5.91. The Kier molecular flexibility index (Phi) is 4.11. The molecule has 5 nitrogen and oxygen atoms in total. The summed E-state index contributed by atoms with van der Waals surface area (Å²) < 4.78 is 11.3. The average molecular weight is 334 g/mol. The molecule has 0 aromatic heterocycles. The molecule has 2 aliphatic carbocycles. The maximum atomic E-state index is 12.3. The third kappa shape index (κ3) is 2.41. The quantitative estimate of drug-likeness (QED) is 0.477. The largest absolute Gasteiger partial charge is 0.461 e. The minimum absolute atomic E-state index is 0.198. The molecule has 1 N–H and O–H groups in total. The van der Waals surface area contributed by atoms with Crippen molar-refractivity contribution in [2.24, 2.45) is 23.2 Å². The summed E-state index contributed by atoms with van der Waals surface area (Å²) in [6, 6.07) is 0. The van der Waals surface area contributed by atoms with Crippen molar-refractivity contribution in [3.63, 3.8) is 0 Å². The number of carbonyl (C=O) groups is 2. The molecule has 2 saturated carbocycles. The van der Waals surface area contributed by atoms with E-state index in [1.165, 1.54) is 0 Å². The maximum Gasteiger partial charge on any atom is 0.334 e. The molecule has 132 valence electrons. The van der Waals surface area contributed by atoms with E-state index in [9.17, 15) is 14.7 Å². The van der Waals surface area contributed by atoms with Crippen LogP contribution in [-0.4, -0.2) is 35.4 Å². The smallest absolute Gasteiger partial charge is 0.334 e. The van der Waals surface area contributed by atoms with E-state index in [1.807, 2.05) is 6.92 Å². The van der Waals surface area contributed by atoms with E-state index < -0.39 is 29.7 Å². The SMILES string of the molecule is C=C1CC[C@@H](O)C2(C)C[C@H]3OC(=O)C(=C)[C@H]3C(OC(=O)C(C)C)C12. The number of carbonyl (C=O) groups excluding carboxylic acids is 2. The predicted molar refractivity (Wildman–Crippen MR) is 87.8 cm³/mol. The van der Waals surface area contributed by atoms with Gasteiger partial charge in [-0.3, -0.25) is 4.79 Å². The third-order valence-electron chi connectivity index (χ3n) is 6.02. The van der Waals surface area contributed by atoms with Crippen LogP contribution in [0.3, 0.4) is 0 Å². The van der Waals surface area contributed by atoms with E-state index in [2.05, 4.69) is 13.2 Å². The molecule has 3 fully saturated rings. The molecule has 1 aliphatic heterocycles. The second-order valence-corrected chi connectivity index (χ2v) is 7.95. The molecular formula is C19H26O5. The molecule has 0 bridgehead atoms. The van der Waals surface area contributed by atoms with Gasteiger partial charge in [0.25, 0.3) is 0 Å². The van der Waals surface area contributed by atoms with E-state index in [1.54, 1.807) is 13.8 Å². The summed E-state index contributed by atoms with van der Waals surface area (Å²) in [5, 5.41) is 10.6. The molecule has 1 heterocycles. The highest BCUT2D eigenvalue weighted by Crippen LogP contribution is 2.57. The van der Waals surface area contributed by atoms with Crippen LogP contribution in [-0.2, 0) is 19.1 Å². The van der Waals surface area contributed by atoms with Gasteiger partial charge in [0.2, 0.25) is 0 Å². The van der Waals surface area contributed by atoms with Gasteiger partial charge in [0.15, 0.2) is 0 Å². The molecule has 5 heteroatoms. The molecule has 3 unspecified atom stereocenters. The molecule has 0 spiro atoms. The van der Waals surface area contributed by atoms with Gasteiger partial charge in [-0.05, 0) is 19.3 Å². The summed E-state index contributed by atoms with van der Waals surface area (Å²) in [7, 11) is 0. The van der Waals surface area contributed by atoms with Gasteiger partial charge in [-0.1, -0.05) is 39.5 Å². The first-order valence-electron chi connectivity index (χ1n) is 8.62. The van der Waals surface area contributed by atoms with Crippen LogP contribution in [0, 0.1) is 23.2 Å². The van der Waals surface area contributed by atoms with Gasteiger partial charge in [-0.25, -0.2) is 4.79 Å². The van der Waals surface area contributed by atoms with Gasteiger partial charge < -0.3 is 14.6 Å². The zero-order valence-corrected chi connectivity index (χ0v) is 14.6. The highest BCUT2D eigenvalue weighted by atomic mass is 16.6. The Morgan fingerprint density at radius 3 is 2.71 bits per heavy atom. The number of fused-ring (bicyclic) bond motifs is 2. The van der Waals surface area contributed by atoms with Gasteiger partial charge >= 0.3 is 11.9 Å². The lowest BCUT2D eigenvalue weighted by Gasteiger charge is -2.54. The fourth-order valence-corrected chi connectivity index (χ4v) is 4.63. The first kappa shape index (κ1) is 17.2. The second-order valence-electron chi connectivity index (χ2n) is 7.95. The molecule has 0 radical (unpaired) electrons. The summed E-state index contributed by atoms with van der Waals surface area (Å²) in [4.78, 5) is 24.3. The Labute approximate surface area is 142 Å². The Balaban J connectivity index is 2.04. The Morgan fingerprint density at radius 1 is 1.42 bits per heavy atom. The lowest BCUT2D eigenvalue weighted by molar-refractivity contribution is -0.183. The van der Waals surface area contributed by atoms with Crippen molar-refractivity contribution in [1.82, 2.24) is 0 Å². The zero-order valence-electron chi connectivity index (χ0n) is 14.6. The number of aliphatic hydroxyl groups is 1. The first-order chi connectivity index (χ1) is 11.2. The molecular weight excluding hydrogens is 308 g/mol. The first-order valence-corrected chi connectivity index (χ1v) is 8.62. The molecule has 0 aromatic rings. The van der Waals surface area contributed by atoms with Gasteiger partial charge in [-0.2, -0.15) is 0 Å². The number of rotatable bonds is 2. The number of ether oxygens (including phenoxy) is 2. The summed E-state index contributed by atoms with van der Waals surface area (Å²) in [6.07, 6.45) is 0.338. The van der Waals surface area contributed by atoms with Crippen molar-refractivity contribution < 1.29 is 24.2 Å². The summed E-state index contributed by atoms with van der Waals surface area (Å²) in [6.45, 7) is 13.6. The molecule has 1 saturated heterocycles. The number of aliphatic hydroxyl groups excluding tert-OH is 1. The van der Waals surface area contributed by atoms with Gasteiger partial charge in [0, 0.05) is 16.9 Å². The maximum absolute atomic E-state index is 12.3. The molecule has 24 heavy (non-hydrogen) atoms. The van der Waals surface area contributed by atoms with Gasteiger partial charge in [0.05, 0.1) is 17.9 Å². The Morgan fingerprint density at radius 2 is 2.08 bits per heavy atom. The van der Waals surface area contributed by atoms with E-state index in [4.69, 9.17) is 9.47 Å². The minimum Gasteiger partial charge on any atom is -0.461 e. The summed E-state index contributed by atoms with van der Waals surface area (Å²) >= 11 is 0. The average Bonchev–Trinajstić information content (AvgIpc) is 2.77. The number of hydrogen-bond donors (Lipinski definition) is 1. The van der Waals surface area contributed by atoms with E-state index in [-0.39, 0.29) is 23.7 Å². The van der Waals surface area contributed by atoms with E-state index in [0.717, 1.165) is 5.57 Å².